The Bertz CT molecular complexity index is 1540. The summed E-state index contributed by atoms with van der Waals surface area (Å²) < 4.78 is 46.2. The molecule has 1 aliphatic heterocycles. The van der Waals surface area contributed by atoms with Crippen LogP contribution in [0.25, 0.3) is 11.8 Å². The highest BCUT2D eigenvalue weighted by Crippen LogP contribution is 2.30. The van der Waals surface area contributed by atoms with Crippen LogP contribution in [0.5, 0.6) is 11.5 Å². The minimum atomic E-state index is -4.46. The highest BCUT2D eigenvalue weighted by atomic mass is 32.1. The van der Waals surface area contributed by atoms with Gasteiger partial charge in [-0.25, -0.2) is 0 Å². The van der Waals surface area contributed by atoms with Crippen molar-refractivity contribution in [2.24, 2.45) is 0 Å². The fraction of sp³-hybridized carbons (Fsp3) is 0.0357. The van der Waals surface area contributed by atoms with Gasteiger partial charge in [0.15, 0.2) is 5.11 Å². The average molecular weight is 534 g/mol. The van der Waals surface area contributed by atoms with Gasteiger partial charge in [0.1, 0.15) is 17.1 Å². The standard InChI is InChI=1S/C28H18F3N3O3S/c29-28(30,31)18-8-10-19(11-9-18)33-16-4-5-21(33)17-24-25(35)32-27(38)34(26(24)36)20-12-14-23(15-13-20)37-22-6-2-1-3-7-22/h1-17H,(H,32,35,38). The van der Waals surface area contributed by atoms with E-state index in [1.165, 1.54) is 23.1 Å². The average Bonchev–Trinajstić information content (AvgIpc) is 3.36. The number of nitrogens with one attached hydrogen (secondary N) is 1. The number of rotatable bonds is 5. The molecule has 0 radical (unpaired) electrons. The van der Waals surface area contributed by atoms with Crippen LogP contribution < -0.4 is 15.0 Å². The molecule has 0 spiro atoms. The van der Waals surface area contributed by atoms with Crippen LogP contribution in [-0.2, 0) is 15.8 Å². The summed E-state index contributed by atoms with van der Waals surface area (Å²) in [5, 5.41) is 2.45. The Hall–Kier alpha value is -4.70. The van der Waals surface area contributed by atoms with Gasteiger partial charge in [0, 0.05) is 17.6 Å². The van der Waals surface area contributed by atoms with E-state index in [1.54, 1.807) is 47.2 Å². The molecule has 2 heterocycles. The lowest BCUT2D eigenvalue weighted by Crippen LogP contribution is -2.54. The number of carbonyl (C=O) groups excluding carboxylic acids is 2. The number of carbonyl (C=O) groups is 2. The summed E-state index contributed by atoms with van der Waals surface area (Å²) in [6.07, 6.45) is -1.47. The molecule has 6 nitrogen and oxygen atoms in total. The van der Waals surface area contributed by atoms with Crippen molar-refractivity contribution in [3.63, 3.8) is 0 Å². The molecule has 38 heavy (non-hydrogen) atoms. The fourth-order valence-corrected chi connectivity index (χ4v) is 4.17. The van der Waals surface area contributed by atoms with Crippen molar-refractivity contribution in [1.82, 2.24) is 9.88 Å². The molecule has 0 aliphatic carbocycles. The quantitative estimate of drug-likeness (QED) is 0.191. The van der Waals surface area contributed by atoms with Gasteiger partial charge in [-0.2, -0.15) is 13.2 Å². The van der Waals surface area contributed by atoms with Crippen LogP contribution in [0, 0.1) is 0 Å². The van der Waals surface area contributed by atoms with Crippen LogP contribution in [0.15, 0.2) is 103 Å². The maximum Gasteiger partial charge on any atom is 0.416 e. The number of hydrogen-bond acceptors (Lipinski definition) is 4. The lowest BCUT2D eigenvalue weighted by molar-refractivity contribution is -0.137. The Balaban J connectivity index is 1.42. The van der Waals surface area contributed by atoms with Gasteiger partial charge in [0.2, 0.25) is 0 Å². The Morgan fingerprint density at radius 2 is 1.42 bits per heavy atom. The SMILES string of the molecule is O=C1NC(=S)N(c2ccc(Oc3ccccc3)cc2)C(=O)C1=Cc1cccn1-c1ccc(C(F)(F)F)cc1. The Morgan fingerprint density at radius 1 is 0.789 bits per heavy atom. The molecule has 4 aromatic rings. The van der Waals surface area contributed by atoms with Crippen LogP contribution >= 0.6 is 12.2 Å². The Labute approximate surface area is 220 Å². The molecule has 10 heteroatoms. The maximum atomic E-state index is 13.4. The first-order valence-electron chi connectivity index (χ1n) is 11.3. The third-order valence-corrected chi connectivity index (χ3v) is 6.01. The molecule has 0 saturated carbocycles. The zero-order valence-corrected chi connectivity index (χ0v) is 20.3. The molecular weight excluding hydrogens is 515 g/mol. The van der Waals surface area contributed by atoms with Gasteiger partial charge >= 0.3 is 6.18 Å². The van der Waals surface area contributed by atoms with E-state index in [1.807, 2.05) is 30.3 Å². The minimum absolute atomic E-state index is 0.0769. The number of ether oxygens (including phenoxy) is 1. The van der Waals surface area contributed by atoms with Crippen molar-refractivity contribution in [2.75, 3.05) is 4.90 Å². The first-order valence-corrected chi connectivity index (χ1v) is 11.7. The number of amides is 2. The molecule has 0 bridgehead atoms. The molecule has 1 fully saturated rings. The fourth-order valence-electron chi connectivity index (χ4n) is 3.89. The number of nitrogens with zero attached hydrogens (tertiary/aromatic N) is 2. The molecule has 190 valence electrons. The van der Waals surface area contributed by atoms with Crippen molar-refractivity contribution in [2.45, 2.75) is 6.18 Å². The van der Waals surface area contributed by atoms with Gasteiger partial charge < -0.3 is 9.30 Å². The summed E-state index contributed by atoms with van der Waals surface area (Å²) in [4.78, 5) is 27.3. The molecule has 1 N–H and O–H groups in total. The molecule has 0 unspecified atom stereocenters. The smallest absolute Gasteiger partial charge is 0.416 e. The summed E-state index contributed by atoms with van der Waals surface area (Å²) in [6.45, 7) is 0. The first kappa shape index (κ1) is 25.0. The second-order valence-corrected chi connectivity index (χ2v) is 8.60. The summed E-state index contributed by atoms with van der Waals surface area (Å²) in [5.74, 6) is -0.126. The summed E-state index contributed by atoms with van der Waals surface area (Å²) in [5.41, 5.74) is 0.307. The zero-order valence-electron chi connectivity index (χ0n) is 19.5. The Kier molecular flexibility index (Phi) is 6.56. The summed E-state index contributed by atoms with van der Waals surface area (Å²) in [7, 11) is 0. The third-order valence-electron chi connectivity index (χ3n) is 5.72. The number of anilines is 1. The number of thiocarbonyl (C=S) groups is 1. The number of hydrogen-bond donors (Lipinski definition) is 1. The molecule has 0 atom stereocenters. The number of para-hydroxylation sites is 1. The van der Waals surface area contributed by atoms with Crippen molar-refractivity contribution in [3.05, 3.63) is 114 Å². The minimum Gasteiger partial charge on any atom is -0.457 e. The van der Waals surface area contributed by atoms with Gasteiger partial charge in [-0.05, 0) is 91.1 Å². The molecular formula is C28H18F3N3O3S. The van der Waals surface area contributed by atoms with E-state index in [2.05, 4.69) is 5.32 Å². The van der Waals surface area contributed by atoms with E-state index in [0.29, 0.717) is 28.6 Å². The van der Waals surface area contributed by atoms with Crippen LogP contribution in [0.2, 0.25) is 0 Å². The zero-order chi connectivity index (χ0) is 26.9. The van der Waals surface area contributed by atoms with Crippen LogP contribution in [0.3, 0.4) is 0 Å². The first-order chi connectivity index (χ1) is 18.2. The predicted molar refractivity (Wildman–Crippen MR) is 140 cm³/mol. The van der Waals surface area contributed by atoms with E-state index < -0.39 is 23.6 Å². The van der Waals surface area contributed by atoms with Gasteiger partial charge in [-0.3, -0.25) is 19.8 Å². The predicted octanol–water partition coefficient (Wildman–Crippen LogP) is 6.12. The van der Waals surface area contributed by atoms with E-state index in [-0.39, 0.29) is 10.7 Å². The lowest BCUT2D eigenvalue weighted by atomic mass is 10.1. The van der Waals surface area contributed by atoms with Crippen LogP contribution in [0.4, 0.5) is 18.9 Å². The maximum absolute atomic E-state index is 13.4. The van der Waals surface area contributed by atoms with Crippen molar-refractivity contribution >= 4 is 40.9 Å². The third kappa shape index (κ3) is 5.07. The van der Waals surface area contributed by atoms with Crippen molar-refractivity contribution < 1.29 is 27.5 Å². The van der Waals surface area contributed by atoms with Gasteiger partial charge in [-0.1, -0.05) is 18.2 Å². The normalized spacial score (nSPS) is 15.1. The number of benzene rings is 3. The van der Waals surface area contributed by atoms with Gasteiger partial charge in [0.05, 0.1) is 11.3 Å². The van der Waals surface area contributed by atoms with E-state index in [9.17, 15) is 22.8 Å². The van der Waals surface area contributed by atoms with Crippen LogP contribution in [0.1, 0.15) is 11.3 Å². The second kappa shape index (κ2) is 9.98. The van der Waals surface area contributed by atoms with Crippen LogP contribution in [-0.4, -0.2) is 21.5 Å². The van der Waals surface area contributed by atoms with Crippen molar-refractivity contribution in [1.29, 1.82) is 0 Å². The van der Waals surface area contributed by atoms with Crippen molar-refractivity contribution in [3.8, 4) is 17.2 Å². The van der Waals surface area contributed by atoms with E-state index in [0.717, 1.165) is 12.1 Å². The van der Waals surface area contributed by atoms with Gasteiger partial charge in [-0.15, -0.1) is 0 Å². The monoisotopic (exact) mass is 533 g/mol. The molecule has 5 rings (SSSR count). The molecule has 3 aromatic carbocycles. The second-order valence-electron chi connectivity index (χ2n) is 8.21. The highest BCUT2D eigenvalue weighted by Gasteiger charge is 2.35. The highest BCUT2D eigenvalue weighted by molar-refractivity contribution is 7.80. The largest absolute Gasteiger partial charge is 0.457 e. The molecule has 1 saturated heterocycles. The number of halogens is 3. The Morgan fingerprint density at radius 3 is 2.08 bits per heavy atom. The number of aromatic nitrogens is 1. The molecule has 1 aromatic heterocycles. The summed E-state index contributed by atoms with van der Waals surface area (Å²) >= 11 is 5.26. The van der Waals surface area contributed by atoms with E-state index in [4.69, 9.17) is 17.0 Å². The molecule has 2 amide bonds. The topological polar surface area (TPSA) is 63.6 Å². The number of alkyl halides is 3. The van der Waals surface area contributed by atoms with Gasteiger partial charge in [0.25, 0.3) is 11.8 Å². The lowest BCUT2D eigenvalue weighted by Gasteiger charge is -2.29. The molecule has 1 aliphatic rings. The summed E-state index contributed by atoms with van der Waals surface area (Å²) in [6, 6.07) is 23.7. The van der Waals surface area contributed by atoms with E-state index >= 15 is 0 Å².